The summed E-state index contributed by atoms with van der Waals surface area (Å²) in [5.74, 6) is 0.278. The van der Waals surface area contributed by atoms with E-state index in [4.69, 9.17) is 14.2 Å². The van der Waals surface area contributed by atoms with Gasteiger partial charge in [-0.05, 0) is 34.1 Å². The van der Waals surface area contributed by atoms with Crippen molar-refractivity contribution in [1.82, 2.24) is 4.31 Å². The number of sulfonamides is 1. The minimum Gasteiger partial charge on any atom is -0.493 e. The van der Waals surface area contributed by atoms with E-state index in [0.29, 0.717) is 16.0 Å². The summed E-state index contributed by atoms with van der Waals surface area (Å²) in [5.41, 5.74) is 0. The Morgan fingerprint density at radius 3 is 2.31 bits per heavy atom. The van der Waals surface area contributed by atoms with Gasteiger partial charge >= 0.3 is 0 Å². The number of benzene rings is 2. The summed E-state index contributed by atoms with van der Waals surface area (Å²) in [5, 5.41) is 0. The summed E-state index contributed by atoms with van der Waals surface area (Å²) < 4.78 is 56.2. The summed E-state index contributed by atoms with van der Waals surface area (Å²) in [7, 11) is 0.493. The smallest absolute Gasteiger partial charge is 0.244 e. The molecule has 0 unspecified atom stereocenters. The van der Waals surface area contributed by atoms with E-state index in [1.807, 2.05) is 0 Å². The summed E-state index contributed by atoms with van der Waals surface area (Å²) in [6, 6.07) is 8.85. The lowest BCUT2D eigenvalue weighted by Crippen LogP contribution is -2.31. The number of rotatable bonds is 8. The third-order valence-corrected chi connectivity index (χ3v) is 6.44. The highest BCUT2D eigenvalue weighted by molar-refractivity contribution is 9.10. The van der Waals surface area contributed by atoms with Gasteiger partial charge in [0, 0.05) is 24.1 Å². The van der Waals surface area contributed by atoms with Crippen LogP contribution in [-0.2, 0) is 10.0 Å². The highest BCUT2D eigenvalue weighted by Gasteiger charge is 2.25. The fourth-order valence-corrected chi connectivity index (χ4v) is 4.32. The van der Waals surface area contributed by atoms with Crippen LogP contribution in [-0.4, -0.2) is 47.1 Å². The molecule has 9 heteroatoms. The molecule has 0 heterocycles. The van der Waals surface area contributed by atoms with E-state index in [1.165, 1.54) is 45.5 Å². The van der Waals surface area contributed by atoms with E-state index in [9.17, 15) is 12.8 Å². The van der Waals surface area contributed by atoms with Gasteiger partial charge < -0.3 is 14.2 Å². The number of ether oxygens (including phenoxy) is 3. The second kappa shape index (κ2) is 8.70. The molecule has 0 aliphatic heterocycles. The summed E-state index contributed by atoms with van der Waals surface area (Å²) in [6.07, 6.45) is 0. The molecule has 0 aromatic heterocycles. The molecular weight excluding hydrogens is 429 g/mol. The third kappa shape index (κ3) is 4.46. The van der Waals surface area contributed by atoms with Gasteiger partial charge in [-0.3, -0.25) is 0 Å². The van der Waals surface area contributed by atoms with Gasteiger partial charge in [0.15, 0.2) is 23.1 Å². The Labute approximate surface area is 160 Å². The Morgan fingerprint density at radius 2 is 1.69 bits per heavy atom. The average Bonchev–Trinajstić information content (AvgIpc) is 2.62. The topological polar surface area (TPSA) is 65.1 Å². The van der Waals surface area contributed by atoms with Crippen LogP contribution in [0.2, 0.25) is 0 Å². The molecule has 0 fully saturated rings. The summed E-state index contributed by atoms with van der Waals surface area (Å²) >= 11 is 3.25. The van der Waals surface area contributed by atoms with Gasteiger partial charge in [-0.1, -0.05) is 12.1 Å². The molecule has 0 radical (unpaired) electrons. The molecule has 0 N–H and O–H groups in total. The highest BCUT2D eigenvalue weighted by atomic mass is 79.9. The van der Waals surface area contributed by atoms with Gasteiger partial charge in [0.05, 0.1) is 14.2 Å². The number of halogens is 2. The molecule has 0 bridgehead atoms. The molecule has 2 rings (SSSR count). The Kier molecular flexibility index (Phi) is 6.85. The van der Waals surface area contributed by atoms with Crippen molar-refractivity contribution < 1.29 is 27.0 Å². The standard InChI is InChI=1S/C17H19BrFNO5S/c1-20(8-9-25-14-7-5-4-6-13(14)19)26(21,22)17-11-16(24-3)15(23-2)10-12(17)18/h4-7,10-11H,8-9H2,1-3H3. The van der Waals surface area contributed by atoms with Crippen LogP contribution in [0.15, 0.2) is 45.8 Å². The second-order valence-corrected chi connectivity index (χ2v) is 8.11. The highest BCUT2D eigenvalue weighted by Crippen LogP contribution is 2.36. The van der Waals surface area contributed by atoms with E-state index in [-0.39, 0.29) is 23.8 Å². The molecule has 0 spiro atoms. The maximum atomic E-state index is 13.5. The molecule has 2 aromatic rings. The van der Waals surface area contributed by atoms with Crippen molar-refractivity contribution >= 4 is 26.0 Å². The normalized spacial score (nSPS) is 11.5. The van der Waals surface area contributed by atoms with Crippen molar-refractivity contribution in [3.8, 4) is 17.2 Å². The van der Waals surface area contributed by atoms with Crippen LogP contribution in [0.3, 0.4) is 0 Å². The van der Waals surface area contributed by atoms with Crippen molar-refractivity contribution in [1.29, 1.82) is 0 Å². The molecule has 142 valence electrons. The van der Waals surface area contributed by atoms with E-state index >= 15 is 0 Å². The fraction of sp³-hybridized carbons (Fsp3) is 0.294. The van der Waals surface area contributed by atoms with Crippen LogP contribution in [0.5, 0.6) is 17.2 Å². The monoisotopic (exact) mass is 447 g/mol. The number of methoxy groups -OCH3 is 2. The first-order valence-electron chi connectivity index (χ1n) is 7.56. The van der Waals surface area contributed by atoms with Gasteiger partial charge in [0.2, 0.25) is 10.0 Å². The zero-order valence-corrected chi connectivity index (χ0v) is 16.9. The molecule has 6 nitrogen and oxygen atoms in total. The maximum absolute atomic E-state index is 13.5. The molecule has 0 aliphatic carbocycles. The predicted molar refractivity (Wildman–Crippen MR) is 99.0 cm³/mol. The van der Waals surface area contributed by atoms with E-state index < -0.39 is 15.8 Å². The number of nitrogens with zero attached hydrogens (tertiary/aromatic N) is 1. The van der Waals surface area contributed by atoms with Gasteiger partial charge in [0.1, 0.15) is 11.5 Å². The number of para-hydroxylation sites is 1. The van der Waals surface area contributed by atoms with Crippen LogP contribution < -0.4 is 14.2 Å². The van der Waals surface area contributed by atoms with Gasteiger partial charge in [-0.15, -0.1) is 0 Å². The average molecular weight is 448 g/mol. The molecule has 0 atom stereocenters. The van der Waals surface area contributed by atoms with Crippen molar-refractivity contribution in [3.63, 3.8) is 0 Å². The Bertz CT molecular complexity index is 875. The molecule has 0 aliphatic rings. The first kappa shape index (κ1) is 20.5. The summed E-state index contributed by atoms with van der Waals surface area (Å²) in [6.45, 7) is 0.0407. The fourth-order valence-electron chi connectivity index (χ4n) is 2.17. The van der Waals surface area contributed by atoms with Crippen LogP contribution in [0.4, 0.5) is 4.39 Å². The van der Waals surface area contributed by atoms with Crippen molar-refractivity contribution in [2.45, 2.75) is 4.90 Å². The predicted octanol–water partition coefficient (Wildman–Crippen LogP) is 3.30. The largest absolute Gasteiger partial charge is 0.493 e. The zero-order valence-electron chi connectivity index (χ0n) is 14.5. The first-order chi connectivity index (χ1) is 12.3. The SMILES string of the molecule is COc1cc(Br)c(S(=O)(=O)N(C)CCOc2ccccc2F)cc1OC. The Balaban J connectivity index is 2.15. The maximum Gasteiger partial charge on any atom is 0.244 e. The molecule has 0 saturated carbocycles. The molecule has 0 amide bonds. The van der Waals surface area contributed by atoms with E-state index in [0.717, 1.165) is 4.31 Å². The van der Waals surface area contributed by atoms with Crippen LogP contribution in [0.1, 0.15) is 0 Å². The Hall–Kier alpha value is -1.84. The molecular formula is C17H19BrFNO5S. The van der Waals surface area contributed by atoms with Gasteiger partial charge in [-0.25, -0.2) is 12.8 Å². The zero-order chi connectivity index (χ0) is 19.3. The van der Waals surface area contributed by atoms with E-state index in [1.54, 1.807) is 12.1 Å². The lowest BCUT2D eigenvalue weighted by molar-refractivity contribution is 0.275. The van der Waals surface area contributed by atoms with Gasteiger partial charge in [0.25, 0.3) is 0 Å². The second-order valence-electron chi connectivity index (χ2n) is 5.24. The lowest BCUT2D eigenvalue weighted by Gasteiger charge is -2.19. The lowest BCUT2D eigenvalue weighted by atomic mass is 10.3. The van der Waals surface area contributed by atoms with E-state index in [2.05, 4.69) is 15.9 Å². The van der Waals surface area contributed by atoms with Crippen LogP contribution >= 0.6 is 15.9 Å². The first-order valence-corrected chi connectivity index (χ1v) is 9.79. The minimum absolute atomic E-state index is 0.00156. The van der Waals surface area contributed by atoms with Gasteiger partial charge in [-0.2, -0.15) is 4.31 Å². The minimum atomic E-state index is -3.81. The van der Waals surface area contributed by atoms with Crippen molar-refractivity contribution in [2.24, 2.45) is 0 Å². The third-order valence-electron chi connectivity index (χ3n) is 3.63. The number of hydrogen-bond donors (Lipinski definition) is 0. The van der Waals surface area contributed by atoms with Crippen molar-refractivity contribution in [2.75, 3.05) is 34.4 Å². The van der Waals surface area contributed by atoms with Crippen LogP contribution in [0, 0.1) is 5.82 Å². The quantitative estimate of drug-likeness (QED) is 0.620. The number of hydrogen-bond acceptors (Lipinski definition) is 5. The molecule has 0 saturated heterocycles. The molecule has 2 aromatic carbocycles. The number of likely N-dealkylation sites (N-methyl/N-ethyl adjacent to an activating group) is 1. The van der Waals surface area contributed by atoms with Crippen molar-refractivity contribution in [3.05, 3.63) is 46.7 Å². The molecule has 26 heavy (non-hydrogen) atoms. The van der Waals surface area contributed by atoms with Crippen LogP contribution in [0.25, 0.3) is 0 Å². The Morgan fingerprint density at radius 1 is 1.08 bits per heavy atom. The summed E-state index contributed by atoms with van der Waals surface area (Å²) in [4.78, 5) is 0.0311.